The molecule has 0 rings (SSSR count). The minimum absolute atomic E-state index is 0. The normalized spacial score (nSPS) is 0. The van der Waals surface area contributed by atoms with Crippen LogP contribution in [0.4, 0.5) is 0 Å². The third-order valence-corrected chi connectivity index (χ3v) is 0. The number of hydrogen-bond acceptors (Lipinski definition) is 0. The predicted molar refractivity (Wildman–Crippen MR) is 23.0 cm³/mol. The van der Waals surface area contributed by atoms with Crippen LogP contribution in [0.2, 0.25) is 0 Å². The Kier molecular flexibility index (Phi) is 481. The zero-order valence-corrected chi connectivity index (χ0v) is 7.10. The van der Waals surface area contributed by atoms with Gasteiger partial charge in [-0.15, -0.1) is 0 Å². The van der Waals surface area contributed by atoms with Crippen molar-refractivity contribution in [3.8, 4) is 0 Å². The van der Waals surface area contributed by atoms with Gasteiger partial charge in [-0.05, 0) is 0 Å². The molecule has 0 unspecified atom stereocenters. The van der Waals surface area contributed by atoms with Crippen molar-refractivity contribution in [1.29, 1.82) is 0 Å². The van der Waals surface area contributed by atoms with Gasteiger partial charge in [0.25, 0.3) is 0 Å². The molecule has 0 amide bonds. The molecular formula is GeSi3. The van der Waals surface area contributed by atoms with E-state index in [1.165, 1.54) is 0 Å². The summed E-state index contributed by atoms with van der Waals surface area (Å²) >= 11 is 0. The number of rotatable bonds is 0. The molecule has 0 saturated carbocycles. The van der Waals surface area contributed by atoms with Crippen molar-refractivity contribution in [3.05, 3.63) is 0 Å². The summed E-state index contributed by atoms with van der Waals surface area (Å²) in [5.41, 5.74) is 0. The van der Waals surface area contributed by atoms with Gasteiger partial charge < -0.3 is 0 Å². The molecule has 0 nitrogen and oxygen atoms in total. The van der Waals surface area contributed by atoms with E-state index in [0.717, 1.165) is 0 Å². The maximum absolute atomic E-state index is 0. The van der Waals surface area contributed by atoms with E-state index in [2.05, 4.69) is 0 Å². The average molecular weight is 157 g/mol. The average Bonchev–Trinajstić information content (AvgIpc) is 0. The molecule has 0 N–H and O–H groups in total. The Hall–Kier alpha value is 1.19. The van der Waals surface area contributed by atoms with E-state index in [1.807, 2.05) is 0 Å². The van der Waals surface area contributed by atoms with E-state index in [9.17, 15) is 0 Å². The molecule has 0 atom stereocenters. The SMILES string of the molecule is [Ge].[Si].[Si].[Si]. The molecule has 0 saturated heterocycles. The minimum Gasteiger partial charge on any atom is 0 e. The Morgan fingerprint density at radius 3 is 0.500 bits per heavy atom. The Balaban J connectivity index is 0. The van der Waals surface area contributed by atoms with Crippen LogP contribution in [-0.2, 0) is 0 Å². The topological polar surface area (TPSA) is 0 Å². The third-order valence-electron chi connectivity index (χ3n) is 0. The maximum Gasteiger partial charge on any atom is 0 e. The van der Waals surface area contributed by atoms with E-state index in [-0.39, 0.29) is 50.5 Å². The second-order valence-corrected chi connectivity index (χ2v) is 0. The molecule has 0 aliphatic carbocycles. The Morgan fingerprint density at radius 1 is 0.500 bits per heavy atom. The smallest absolute Gasteiger partial charge is 0 e. The molecule has 0 heterocycles. The summed E-state index contributed by atoms with van der Waals surface area (Å²) in [7, 11) is 0. The van der Waals surface area contributed by atoms with Crippen LogP contribution < -0.4 is 0 Å². The summed E-state index contributed by atoms with van der Waals surface area (Å²) in [4.78, 5) is 0. The van der Waals surface area contributed by atoms with E-state index in [4.69, 9.17) is 0 Å². The first-order valence-corrected chi connectivity index (χ1v) is 0. The van der Waals surface area contributed by atoms with Crippen LogP contribution in [0.25, 0.3) is 0 Å². The van der Waals surface area contributed by atoms with Crippen molar-refractivity contribution in [2.45, 2.75) is 0 Å². The van der Waals surface area contributed by atoms with Crippen molar-refractivity contribution in [3.63, 3.8) is 0 Å². The third kappa shape index (κ3) is 10.8. The molecule has 16 valence electrons. The van der Waals surface area contributed by atoms with Crippen LogP contribution in [0.15, 0.2) is 0 Å². The molecule has 0 aliphatic heterocycles. The molecule has 0 aromatic carbocycles. The quantitative estimate of drug-likeness (QED) is 0.374. The fourth-order valence-electron chi connectivity index (χ4n) is 0. The van der Waals surface area contributed by atoms with Crippen LogP contribution in [0, 0.1) is 0 Å². The van der Waals surface area contributed by atoms with Gasteiger partial charge in [0, 0.05) is 50.5 Å². The fraction of sp³-hybridized carbons (Fsp3) is 0. The Labute approximate surface area is 50.8 Å². The van der Waals surface area contributed by atoms with Crippen LogP contribution in [0.3, 0.4) is 0 Å². The van der Waals surface area contributed by atoms with Gasteiger partial charge in [0.15, 0.2) is 0 Å². The fourth-order valence-corrected chi connectivity index (χ4v) is 0. The molecule has 0 bridgehead atoms. The van der Waals surface area contributed by atoms with E-state index in [1.54, 1.807) is 0 Å². The second-order valence-electron chi connectivity index (χ2n) is 0. The van der Waals surface area contributed by atoms with E-state index in [0.29, 0.717) is 0 Å². The molecule has 0 fully saturated rings. The van der Waals surface area contributed by atoms with Gasteiger partial charge in [0.05, 0.1) is 0 Å². The van der Waals surface area contributed by atoms with E-state index < -0.39 is 0 Å². The molecule has 16 radical (unpaired) electrons. The zero-order chi connectivity index (χ0) is 0. The van der Waals surface area contributed by atoms with Crippen molar-refractivity contribution in [1.82, 2.24) is 0 Å². The summed E-state index contributed by atoms with van der Waals surface area (Å²) in [5.74, 6) is 0. The van der Waals surface area contributed by atoms with Gasteiger partial charge in [-0.25, -0.2) is 0 Å². The van der Waals surface area contributed by atoms with Gasteiger partial charge >= 0.3 is 0 Å². The Bertz CT molecular complexity index is 3.25. The molecule has 0 aliphatic rings. The van der Waals surface area contributed by atoms with Gasteiger partial charge in [-0.2, -0.15) is 0 Å². The van der Waals surface area contributed by atoms with Gasteiger partial charge in [-0.3, -0.25) is 0 Å². The predicted octanol–water partition coefficient (Wildman–Crippen LogP) is -1.52. The van der Waals surface area contributed by atoms with Crippen molar-refractivity contribution < 1.29 is 0 Å². The first-order valence-electron chi connectivity index (χ1n) is 0. The van der Waals surface area contributed by atoms with E-state index >= 15 is 0 Å². The molecule has 4 heteroatoms. The van der Waals surface area contributed by atoms with Gasteiger partial charge in [0.2, 0.25) is 0 Å². The van der Waals surface area contributed by atoms with Crippen LogP contribution in [0.1, 0.15) is 0 Å². The second kappa shape index (κ2) is 30.0. The molecule has 0 aromatic heterocycles. The minimum atomic E-state index is 0. The van der Waals surface area contributed by atoms with Crippen molar-refractivity contribution in [2.75, 3.05) is 0 Å². The molecular weight excluding hydrogens is 157 g/mol. The summed E-state index contributed by atoms with van der Waals surface area (Å²) in [5, 5.41) is 0. The maximum atomic E-state index is 0. The van der Waals surface area contributed by atoms with Crippen molar-refractivity contribution in [2.24, 2.45) is 0 Å². The molecule has 0 spiro atoms. The summed E-state index contributed by atoms with van der Waals surface area (Å²) < 4.78 is 0. The summed E-state index contributed by atoms with van der Waals surface area (Å²) in [6.45, 7) is 0. The van der Waals surface area contributed by atoms with Gasteiger partial charge in [0.1, 0.15) is 0 Å². The van der Waals surface area contributed by atoms with Gasteiger partial charge in [-0.1, -0.05) is 0 Å². The first kappa shape index (κ1) is 64.1. The van der Waals surface area contributed by atoms with Crippen LogP contribution in [-0.4, -0.2) is 50.5 Å². The van der Waals surface area contributed by atoms with Crippen molar-refractivity contribution >= 4 is 50.5 Å². The summed E-state index contributed by atoms with van der Waals surface area (Å²) in [6.07, 6.45) is 0. The monoisotopic (exact) mass is 158 g/mol. The van der Waals surface area contributed by atoms with Crippen LogP contribution in [0.5, 0.6) is 0 Å². The largest absolute Gasteiger partial charge is 0 e. The first-order chi connectivity index (χ1) is 0. The number of hydrogen-bond donors (Lipinski definition) is 0. The summed E-state index contributed by atoms with van der Waals surface area (Å²) in [6, 6.07) is 0. The Morgan fingerprint density at radius 2 is 0.500 bits per heavy atom. The standard InChI is InChI=1S/Ge.3Si. The molecule has 4 heavy (non-hydrogen) atoms. The zero-order valence-electron chi connectivity index (χ0n) is 2.00. The van der Waals surface area contributed by atoms with Crippen LogP contribution >= 0.6 is 0 Å². The molecule has 0 aromatic rings.